The minimum absolute atomic E-state index is 0.00848. The molecule has 1 amide bonds. The summed E-state index contributed by atoms with van der Waals surface area (Å²) in [5.41, 5.74) is 1.45. The fraction of sp³-hybridized carbons (Fsp3) is 0.438. The molecule has 1 unspecified atom stereocenters. The van der Waals surface area contributed by atoms with Crippen LogP contribution in [0.5, 0.6) is 5.75 Å². The Labute approximate surface area is 129 Å². The molecule has 1 N–H and O–H groups in total. The van der Waals surface area contributed by atoms with Crippen LogP contribution in [-0.2, 0) is 7.05 Å². The molecule has 1 saturated carbocycles. The normalized spacial score (nSPS) is 15.9. The van der Waals surface area contributed by atoms with Gasteiger partial charge in [-0.15, -0.1) is 5.10 Å². The average molecular weight is 300 g/mol. The quantitative estimate of drug-likeness (QED) is 0.918. The topological polar surface area (TPSA) is 69.0 Å². The number of carbonyl (C=O) groups excluding carboxylic acids is 1. The number of rotatable bonds is 5. The first-order chi connectivity index (χ1) is 10.7. The third-order valence-corrected chi connectivity index (χ3v) is 4.22. The standard InChI is InChI=1S/C16H20N4O2/c1-20-10-14(18-19-20)16(21)17-15(11-4-3-5-11)12-6-8-13(22-2)9-7-12/h6-11,15H,3-5H2,1-2H3,(H,17,21). The molecule has 22 heavy (non-hydrogen) atoms. The van der Waals surface area contributed by atoms with Crippen molar-refractivity contribution in [1.82, 2.24) is 20.3 Å². The molecule has 2 aromatic rings. The van der Waals surface area contributed by atoms with Crippen LogP contribution in [0.25, 0.3) is 0 Å². The second-order valence-electron chi connectivity index (χ2n) is 5.69. The van der Waals surface area contributed by atoms with Crippen molar-refractivity contribution >= 4 is 5.91 Å². The van der Waals surface area contributed by atoms with E-state index in [1.54, 1.807) is 20.4 Å². The zero-order chi connectivity index (χ0) is 15.5. The SMILES string of the molecule is COc1ccc(C(NC(=O)c2cn(C)nn2)C2CCC2)cc1. The fourth-order valence-corrected chi connectivity index (χ4v) is 2.72. The van der Waals surface area contributed by atoms with E-state index in [9.17, 15) is 4.79 Å². The molecule has 1 atom stereocenters. The Hall–Kier alpha value is -2.37. The molecule has 6 heteroatoms. The maximum atomic E-state index is 12.4. The number of hydrogen-bond acceptors (Lipinski definition) is 4. The van der Waals surface area contributed by atoms with E-state index in [1.807, 2.05) is 24.3 Å². The van der Waals surface area contributed by atoms with E-state index >= 15 is 0 Å². The van der Waals surface area contributed by atoms with Crippen molar-refractivity contribution in [3.05, 3.63) is 41.7 Å². The number of amides is 1. The molecule has 6 nitrogen and oxygen atoms in total. The summed E-state index contributed by atoms with van der Waals surface area (Å²) in [4.78, 5) is 12.4. The summed E-state index contributed by atoms with van der Waals surface area (Å²) in [6.07, 6.45) is 5.12. The number of benzene rings is 1. The van der Waals surface area contributed by atoms with Gasteiger partial charge in [-0.25, -0.2) is 0 Å². The lowest BCUT2D eigenvalue weighted by Crippen LogP contribution is -2.36. The summed E-state index contributed by atoms with van der Waals surface area (Å²) >= 11 is 0. The molecule has 116 valence electrons. The molecule has 0 bridgehead atoms. The molecule has 0 saturated heterocycles. The molecule has 1 heterocycles. The van der Waals surface area contributed by atoms with E-state index in [-0.39, 0.29) is 11.9 Å². The predicted molar refractivity (Wildman–Crippen MR) is 81.5 cm³/mol. The Morgan fingerprint density at radius 3 is 2.59 bits per heavy atom. The van der Waals surface area contributed by atoms with Crippen molar-refractivity contribution in [2.24, 2.45) is 13.0 Å². The fourth-order valence-electron chi connectivity index (χ4n) is 2.72. The van der Waals surface area contributed by atoms with Crippen LogP contribution in [0.15, 0.2) is 30.5 Å². The van der Waals surface area contributed by atoms with Gasteiger partial charge in [0.1, 0.15) is 5.75 Å². The number of ether oxygens (including phenoxy) is 1. The Kier molecular flexibility index (Phi) is 4.09. The third kappa shape index (κ3) is 2.95. The van der Waals surface area contributed by atoms with Crippen LogP contribution in [0.3, 0.4) is 0 Å². The molecule has 1 aromatic carbocycles. The van der Waals surface area contributed by atoms with Crippen LogP contribution in [0.2, 0.25) is 0 Å². The van der Waals surface area contributed by atoms with Gasteiger partial charge < -0.3 is 10.1 Å². The van der Waals surface area contributed by atoms with Crippen LogP contribution in [-0.4, -0.2) is 28.0 Å². The van der Waals surface area contributed by atoms with Crippen LogP contribution in [0.1, 0.15) is 41.4 Å². The maximum Gasteiger partial charge on any atom is 0.273 e. The molecule has 3 rings (SSSR count). The highest BCUT2D eigenvalue weighted by atomic mass is 16.5. The van der Waals surface area contributed by atoms with Gasteiger partial charge >= 0.3 is 0 Å². The average Bonchev–Trinajstić information content (AvgIpc) is 2.91. The largest absolute Gasteiger partial charge is 0.497 e. The van der Waals surface area contributed by atoms with Crippen molar-refractivity contribution in [2.45, 2.75) is 25.3 Å². The van der Waals surface area contributed by atoms with Crippen molar-refractivity contribution < 1.29 is 9.53 Å². The number of carbonyl (C=O) groups is 1. The van der Waals surface area contributed by atoms with Crippen molar-refractivity contribution in [2.75, 3.05) is 7.11 Å². The van der Waals surface area contributed by atoms with E-state index in [1.165, 1.54) is 11.1 Å². The van der Waals surface area contributed by atoms with Crippen molar-refractivity contribution in [1.29, 1.82) is 0 Å². The van der Waals surface area contributed by atoms with Gasteiger partial charge in [-0.2, -0.15) is 0 Å². The van der Waals surface area contributed by atoms with Gasteiger partial charge in [0.15, 0.2) is 5.69 Å². The van der Waals surface area contributed by atoms with Crippen LogP contribution in [0.4, 0.5) is 0 Å². The first kappa shape index (κ1) is 14.6. The van der Waals surface area contributed by atoms with Crippen molar-refractivity contribution in [3.63, 3.8) is 0 Å². The number of methoxy groups -OCH3 is 1. The second kappa shape index (κ2) is 6.17. The zero-order valence-electron chi connectivity index (χ0n) is 12.8. The molecule has 1 aliphatic carbocycles. The highest BCUT2D eigenvalue weighted by Gasteiger charge is 2.30. The van der Waals surface area contributed by atoms with Gasteiger partial charge in [0.25, 0.3) is 5.91 Å². The van der Waals surface area contributed by atoms with Gasteiger partial charge in [-0.3, -0.25) is 9.48 Å². The summed E-state index contributed by atoms with van der Waals surface area (Å²) < 4.78 is 6.72. The molecule has 0 spiro atoms. The predicted octanol–water partition coefficient (Wildman–Crippen LogP) is 2.09. The highest BCUT2D eigenvalue weighted by molar-refractivity contribution is 5.92. The van der Waals surface area contributed by atoms with Crippen LogP contribution in [0, 0.1) is 5.92 Å². The van der Waals surface area contributed by atoms with Crippen molar-refractivity contribution in [3.8, 4) is 5.75 Å². The monoisotopic (exact) mass is 300 g/mol. The van der Waals surface area contributed by atoms with E-state index in [4.69, 9.17) is 4.74 Å². The van der Waals surface area contributed by atoms with Gasteiger partial charge in [0.05, 0.1) is 19.3 Å². The molecule has 1 aliphatic rings. The first-order valence-corrected chi connectivity index (χ1v) is 7.48. The molecular formula is C16H20N4O2. The molecular weight excluding hydrogens is 280 g/mol. The molecule has 0 radical (unpaired) electrons. The van der Waals surface area contributed by atoms with Gasteiger partial charge in [-0.1, -0.05) is 23.8 Å². The van der Waals surface area contributed by atoms with E-state index in [0.717, 1.165) is 24.2 Å². The molecule has 1 aromatic heterocycles. The highest BCUT2D eigenvalue weighted by Crippen LogP contribution is 2.38. The minimum Gasteiger partial charge on any atom is -0.497 e. The van der Waals surface area contributed by atoms with Gasteiger partial charge in [0.2, 0.25) is 0 Å². The number of aryl methyl sites for hydroxylation is 1. The Bertz CT molecular complexity index is 646. The van der Waals surface area contributed by atoms with Gasteiger partial charge in [-0.05, 0) is 36.5 Å². The smallest absolute Gasteiger partial charge is 0.273 e. The van der Waals surface area contributed by atoms with Crippen LogP contribution >= 0.6 is 0 Å². The summed E-state index contributed by atoms with van der Waals surface area (Å²) in [5, 5.41) is 10.8. The van der Waals surface area contributed by atoms with Gasteiger partial charge in [0, 0.05) is 7.05 Å². The summed E-state index contributed by atoms with van der Waals surface area (Å²) in [7, 11) is 3.39. The summed E-state index contributed by atoms with van der Waals surface area (Å²) in [6, 6.07) is 7.89. The third-order valence-electron chi connectivity index (χ3n) is 4.22. The second-order valence-corrected chi connectivity index (χ2v) is 5.69. The Morgan fingerprint density at radius 2 is 2.09 bits per heavy atom. The zero-order valence-corrected chi connectivity index (χ0v) is 12.8. The maximum absolute atomic E-state index is 12.4. The number of hydrogen-bond donors (Lipinski definition) is 1. The van der Waals surface area contributed by atoms with E-state index < -0.39 is 0 Å². The number of nitrogens with zero attached hydrogens (tertiary/aromatic N) is 3. The van der Waals surface area contributed by atoms with E-state index in [2.05, 4.69) is 15.6 Å². The van der Waals surface area contributed by atoms with Crippen LogP contribution < -0.4 is 10.1 Å². The number of aromatic nitrogens is 3. The number of nitrogens with one attached hydrogen (secondary N) is 1. The molecule has 1 fully saturated rings. The summed E-state index contributed by atoms with van der Waals surface area (Å²) in [6.45, 7) is 0. The lowest BCUT2D eigenvalue weighted by Gasteiger charge is -2.34. The minimum atomic E-state index is -0.180. The van der Waals surface area contributed by atoms with E-state index in [0.29, 0.717) is 11.6 Å². The molecule has 0 aliphatic heterocycles. The lowest BCUT2D eigenvalue weighted by molar-refractivity contribution is 0.0895. The summed E-state index contributed by atoms with van der Waals surface area (Å²) in [5.74, 6) is 1.12. The Balaban J connectivity index is 1.78. The first-order valence-electron chi connectivity index (χ1n) is 7.48. The lowest BCUT2D eigenvalue weighted by atomic mass is 9.77. The Morgan fingerprint density at radius 1 is 1.36 bits per heavy atom.